The largest absolute Gasteiger partial charge is 0.383 e. The lowest BCUT2D eigenvalue weighted by Gasteiger charge is -2.10. The van der Waals surface area contributed by atoms with E-state index in [9.17, 15) is 4.79 Å². The van der Waals surface area contributed by atoms with Crippen molar-refractivity contribution in [3.63, 3.8) is 0 Å². The van der Waals surface area contributed by atoms with Crippen LogP contribution in [0.4, 0.5) is 17.1 Å². The van der Waals surface area contributed by atoms with Gasteiger partial charge in [0.25, 0.3) is 5.91 Å². The van der Waals surface area contributed by atoms with Crippen LogP contribution in [0.15, 0.2) is 90.3 Å². The molecule has 0 saturated heterocycles. The van der Waals surface area contributed by atoms with Gasteiger partial charge in [0.1, 0.15) is 5.84 Å². The molecule has 0 bridgehead atoms. The van der Waals surface area contributed by atoms with Gasteiger partial charge in [0.05, 0.1) is 11.3 Å². The van der Waals surface area contributed by atoms with Gasteiger partial charge in [-0.1, -0.05) is 18.2 Å². The van der Waals surface area contributed by atoms with Crippen molar-refractivity contribution in [1.29, 1.82) is 5.41 Å². The Morgan fingerprint density at radius 2 is 1.88 bits per heavy atom. The normalized spacial score (nSPS) is 14.1. The molecule has 34 heavy (non-hydrogen) atoms. The van der Waals surface area contributed by atoms with E-state index >= 15 is 0 Å². The summed E-state index contributed by atoms with van der Waals surface area (Å²) in [6, 6.07) is 20.5. The Hall–Kier alpha value is -4.98. The van der Waals surface area contributed by atoms with Gasteiger partial charge in [-0.15, -0.1) is 0 Å². The number of carbonyl (C=O) groups is 1. The van der Waals surface area contributed by atoms with E-state index in [1.165, 1.54) is 0 Å². The van der Waals surface area contributed by atoms with Crippen molar-refractivity contribution in [1.82, 2.24) is 9.97 Å². The minimum absolute atomic E-state index is 0.0431. The van der Waals surface area contributed by atoms with Crippen LogP contribution in [-0.4, -0.2) is 27.5 Å². The number of hydrogen-bond donors (Lipinski definition) is 5. The number of anilines is 3. The lowest BCUT2D eigenvalue weighted by molar-refractivity contribution is -0.110. The summed E-state index contributed by atoms with van der Waals surface area (Å²) in [4.78, 5) is 23.8. The second-order valence-electron chi connectivity index (χ2n) is 7.69. The molecule has 1 aliphatic heterocycles. The van der Waals surface area contributed by atoms with Crippen molar-refractivity contribution in [2.24, 2.45) is 10.7 Å². The summed E-state index contributed by atoms with van der Waals surface area (Å²) < 4.78 is 0. The third-order valence-corrected chi connectivity index (χ3v) is 5.34. The molecule has 0 fully saturated rings. The maximum atomic E-state index is 12.5. The number of benzene rings is 2. The first-order chi connectivity index (χ1) is 16.6. The van der Waals surface area contributed by atoms with Crippen LogP contribution in [0.25, 0.3) is 11.6 Å². The number of H-pyrrole nitrogens is 1. The van der Waals surface area contributed by atoms with Gasteiger partial charge in [-0.2, -0.15) is 0 Å². The van der Waals surface area contributed by atoms with Crippen molar-refractivity contribution in [2.45, 2.75) is 0 Å². The number of amidine groups is 2. The topological polar surface area (TPSA) is 132 Å². The lowest BCUT2D eigenvalue weighted by Crippen LogP contribution is -2.16. The van der Waals surface area contributed by atoms with Gasteiger partial charge in [-0.25, -0.2) is 4.99 Å². The number of aromatic amines is 1. The number of aromatic nitrogens is 2. The Morgan fingerprint density at radius 3 is 2.68 bits per heavy atom. The molecule has 0 unspecified atom stereocenters. The maximum Gasteiger partial charge on any atom is 0.256 e. The zero-order valence-corrected chi connectivity index (χ0v) is 18.0. The highest BCUT2D eigenvalue weighted by Crippen LogP contribution is 2.35. The van der Waals surface area contributed by atoms with E-state index in [0.29, 0.717) is 16.7 Å². The van der Waals surface area contributed by atoms with Gasteiger partial charge >= 0.3 is 0 Å². The Bertz CT molecular complexity index is 1440. The van der Waals surface area contributed by atoms with Gasteiger partial charge in [0.2, 0.25) is 0 Å². The Labute approximate surface area is 195 Å². The Balaban J connectivity index is 1.36. The first kappa shape index (κ1) is 20.9. The average molecular weight is 448 g/mol. The number of fused-ring (bicyclic) bond motifs is 1. The molecular formula is C26H21N7O. The number of rotatable bonds is 5. The first-order valence-electron chi connectivity index (χ1n) is 10.6. The first-order valence-corrected chi connectivity index (χ1v) is 10.6. The summed E-state index contributed by atoms with van der Waals surface area (Å²) in [5.74, 6) is 0.142. The summed E-state index contributed by atoms with van der Waals surface area (Å²) >= 11 is 0. The van der Waals surface area contributed by atoms with Crippen LogP contribution in [-0.2, 0) is 4.79 Å². The molecule has 3 heterocycles. The molecule has 0 saturated carbocycles. The van der Waals surface area contributed by atoms with E-state index in [1.807, 2.05) is 66.9 Å². The smallest absolute Gasteiger partial charge is 0.256 e. The van der Waals surface area contributed by atoms with Crippen molar-refractivity contribution >= 4 is 46.3 Å². The fourth-order valence-electron chi connectivity index (χ4n) is 3.68. The molecule has 5 rings (SSSR count). The molecule has 2 aromatic carbocycles. The summed E-state index contributed by atoms with van der Waals surface area (Å²) in [6.07, 6.45) is 6.87. The highest BCUT2D eigenvalue weighted by molar-refractivity contribution is 6.35. The second-order valence-corrected chi connectivity index (χ2v) is 7.69. The van der Waals surface area contributed by atoms with Crippen LogP contribution >= 0.6 is 0 Å². The highest BCUT2D eigenvalue weighted by Gasteiger charge is 2.24. The number of hydrogen-bond acceptors (Lipinski definition) is 4. The Morgan fingerprint density at radius 1 is 1.03 bits per heavy atom. The summed E-state index contributed by atoms with van der Waals surface area (Å²) in [5.41, 5.74) is 12.1. The van der Waals surface area contributed by atoms with Crippen molar-refractivity contribution in [3.05, 3.63) is 108 Å². The molecule has 6 N–H and O–H groups in total. The number of nitrogens with one attached hydrogen (secondary N) is 4. The molecule has 0 radical (unpaired) electrons. The van der Waals surface area contributed by atoms with Gasteiger partial charge in [-0.3, -0.25) is 15.2 Å². The number of carbonyl (C=O) groups excluding carboxylic acids is 1. The quantitative estimate of drug-likeness (QED) is 0.176. The molecule has 0 aliphatic carbocycles. The van der Waals surface area contributed by atoms with Gasteiger partial charge in [0.15, 0.2) is 5.84 Å². The van der Waals surface area contributed by atoms with E-state index in [4.69, 9.17) is 11.1 Å². The van der Waals surface area contributed by atoms with E-state index in [0.717, 1.165) is 28.3 Å². The minimum Gasteiger partial charge on any atom is -0.383 e. The SMILES string of the molecule is N=C(N=C(N)c1cccc(Nc2ccc3c(c2)NC(=O)/C3=C\c2ccc[nH]2)c1)c1cccnc1. The second kappa shape index (κ2) is 8.87. The van der Waals surface area contributed by atoms with Crippen LogP contribution in [0.3, 0.4) is 0 Å². The van der Waals surface area contributed by atoms with Crippen LogP contribution in [0.2, 0.25) is 0 Å². The molecule has 8 nitrogen and oxygen atoms in total. The van der Waals surface area contributed by atoms with Crippen LogP contribution in [0.1, 0.15) is 22.4 Å². The zero-order valence-electron chi connectivity index (χ0n) is 18.0. The molecule has 2 aromatic heterocycles. The number of pyridine rings is 1. The molecule has 0 atom stereocenters. The van der Waals surface area contributed by atoms with Crippen molar-refractivity contribution < 1.29 is 4.79 Å². The molecular weight excluding hydrogens is 426 g/mol. The fourth-order valence-corrected chi connectivity index (χ4v) is 3.68. The zero-order chi connectivity index (χ0) is 23.5. The van der Waals surface area contributed by atoms with Crippen LogP contribution < -0.4 is 16.4 Å². The maximum absolute atomic E-state index is 12.5. The van der Waals surface area contributed by atoms with Crippen LogP contribution in [0.5, 0.6) is 0 Å². The van der Waals surface area contributed by atoms with Gasteiger partial charge in [0, 0.05) is 52.3 Å². The standard InChI is InChI=1S/C26H21N7O/c27-24(33-25(28)17-5-2-10-29-15-17)16-4-1-6-19(12-16)31-20-8-9-21-22(13-18-7-3-11-30-18)26(34)32-23(21)14-20/h1-15,30-31H,(H,32,34)(H3,27,28,33)/b22-13-. The molecule has 1 amide bonds. The molecule has 0 spiro atoms. The van der Waals surface area contributed by atoms with Gasteiger partial charge in [-0.05, 0) is 54.6 Å². The van der Waals surface area contributed by atoms with Crippen LogP contribution in [0, 0.1) is 5.41 Å². The predicted octanol–water partition coefficient (Wildman–Crippen LogP) is 4.38. The third-order valence-electron chi connectivity index (χ3n) is 5.34. The van der Waals surface area contributed by atoms with Gasteiger partial charge < -0.3 is 21.4 Å². The van der Waals surface area contributed by atoms with E-state index in [-0.39, 0.29) is 17.6 Å². The molecule has 166 valence electrons. The van der Waals surface area contributed by atoms with E-state index < -0.39 is 0 Å². The van der Waals surface area contributed by atoms with Crippen molar-refractivity contribution in [3.8, 4) is 0 Å². The fraction of sp³-hybridized carbons (Fsp3) is 0. The third kappa shape index (κ3) is 4.33. The molecule has 4 aromatic rings. The number of nitrogens with zero attached hydrogens (tertiary/aromatic N) is 2. The minimum atomic E-state index is -0.135. The highest BCUT2D eigenvalue weighted by atomic mass is 16.2. The summed E-state index contributed by atoms with van der Waals surface area (Å²) in [5, 5.41) is 14.4. The number of aliphatic imine (C=N–C) groups is 1. The monoisotopic (exact) mass is 447 g/mol. The average Bonchev–Trinajstić information content (AvgIpc) is 3.47. The molecule has 1 aliphatic rings. The van der Waals surface area contributed by atoms with E-state index in [1.54, 1.807) is 24.5 Å². The number of nitrogens with two attached hydrogens (primary N) is 1. The molecule has 8 heteroatoms. The number of amides is 1. The van der Waals surface area contributed by atoms with Crippen molar-refractivity contribution in [2.75, 3.05) is 10.6 Å². The summed E-state index contributed by atoms with van der Waals surface area (Å²) in [6.45, 7) is 0. The summed E-state index contributed by atoms with van der Waals surface area (Å²) in [7, 11) is 0. The predicted molar refractivity (Wildman–Crippen MR) is 135 cm³/mol. The van der Waals surface area contributed by atoms with E-state index in [2.05, 4.69) is 25.6 Å². The Kier molecular flexibility index (Phi) is 5.45. The lowest BCUT2D eigenvalue weighted by atomic mass is 10.1.